The Hall–Kier alpha value is -0.530. The number of carbonyl (C=O) groups is 1. The predicted molar refractivity (Wildman–Crippen MR) is 53.7 cm³/mol. The van der Waals surface area contributed by atoms with E-state index in [1.165, 1.54) is 0 Å². The second-order valence-electron chi connectivity index (χ2n) is 3.39. The number of ketones is 1. The summed E-state index contributed by atoms with van der Waals surface area (Å²) in [6.07, 6.45) is 0.783. The predicted octanol–water partition coefficient (Wildman–Crippen LogP) is 3.37. The van der Waals surface area contributed by atoms with Crippen molar-refractivity contribution in [3.05, 3.63) is 33.3 Å². The molecule has 1 aliphatic rings. The summed E-state index contributed by atoms with van der Waals surface area (Å²) in [4.78, 5) is 11.6. The van der Waals surface area contributed by atoms with E-state index in [9.17, 15) is 4.79 Å². The monoisotopic (exact) mass is 214 g/mol. The summed E-state index contributed by atoms with van der Waals surface area (Å²) in [6, 6.07) is 3.46. The van der Waals surface area contributed by atoms with Crippen LogP contribution in [0.2, 0.25) is 10.0 Å². The number of Topliss-reactive ketones (excluding diaryl/α,β-unsaturated/α-hetero) is 1. The van der Waals surface area contributed by atoms with E-state index < -0.39 is 0 Å². The van der Waals surface area contributed by atoms with Crippen LogP contribution in [0.25, 0.3) is 0 Å². The van der Waals surface area contributed by atoms with E-state index in [4.69, 9.17) is 23.2 Å². The van der Waals surface area contributed by atoms with Crippen LogP contribution in [0.4, 0.5) is 0 Å². The zero-order valence-electron chi connectivity index (χ0n) is 7.10. The largest absolute Gasteiger partial charge is 0.294 e. The fourth-order valence-corrected chi connectivity index (χ4v) is 2.02. The van der Waals surface area contributed by atoms with Crippen molar-refractivity contribution in [2.45, 2.75) is 13.3 Å². The van der Waals surface area contributed by atoms with Gasteiger partial charge in [-0.1, -0.05) is 30.1 Å². The van der Waals surface area contributed by atoms with Gasteiger partial charge in [0.15, 0.2) is 5.78 Å². The first-order valence-electron chi connectivity index (χ1n) is 4.11. The van der Waals surface area contributed by atoms with Crippen molar-refractivity contribution in [1.82, 2.24) is 0 Å². The Kier molecular flexibility index (Phi) is 2.09. The van der Waals surface area contributed by atoms with Crippen molar-refractivity contribution in [1.29, 1.82) is 0 Å². The summed E-state index contributed by atoms with van der Waals surface area (Å²) in [7, 11) is 0. The number of carbonyl (C=O) groups excluding carboxylic acids is 1. The molecule has 0 amide bonds. The minimum atomic E-state index is 0.0736. The lowest BCUT2D eigenvalue weighted by Gasteiger charge is -1.99. The van der Waals surface area contributed by atoms with Crippen molar-refractivity contribution in [2.75, 3.05) is 0 Å². The molecule has 0 bridgehead atoms. The summed E-state index contributed by atoms with van der Waals surface area (Å²) in [5.41, 5.74) is 1.76. The molecule has 0 aromatic heterocycles. The van der Waals surface area contributed by atoms with Crippen molar-refractivity contribution < 1.29 is 4.79 Å². The van der Waals surface area contributed by atoms with Crippen LogP contribution in [0.1, 0.15) is 22.8 Å². The quantitative estimate of drug-likeness (QED) is 0.648. The zero-order chi connectivity index (χ0) is 9.59. The van der Waals surface area contributed by atoms with Gasteiger partial charge in [-0.15, -0.1) is 0 Å². The minimum absolute atomic E-state index is 0.0736. The summed E-state index contributed by atoms with van der Waals surface area (Å²) < 4.78 is 0. The number of fused-ring (bicyclic) bond motifs is 1. The number of benzene rings is 1. The van der Waals surface area contributed by atoms with E-state index >= 15 is 0 Å². The van der Waals surface area contributed by atoms with E-state index in [0.29, 0.717) is 10.0 Å². The molecular weight excluding hydrogens is 207 g/mol. The summed E-state index contributed by atoms with van der Waals surface area (Å²) >= 11 is 11.7. The van der Waals surface area contributed by atoms with E-state index in [2.05, 4.69) is 0 Å². The molecule has 0 heterocycles. The minimum Gasteiger partial charge on any atom is -0.294 e. The average Bonchev–Trinajstić information content (AvgIpc) is 2.32. The molecule has 1 aromatic rings. The first kappa shape index (κ1) is 9.04. The van der Waals surface area contributed by atoms with Gasteiger partial charge in [-0.25, -0.2) is 0 Å². The molecule has 0 saturated carbocycles. The van der Waals surface area contributed by atoms with E-state index in [1.54, 1.807) is 12.1 Å². The third-order valence-electron chi connectivity index (χ3n) is 2.39. The van der Waals surface area contributed by atoms with E-state index in [0.717, 1.165) is 17.5 Å². The molecule has 68 valence electrons. The Labute approximate surface area is 86.7 Å². The van der Waals surface area contributed by atoms with Crippen LogP contribution in [0, 0.1) is 5.92 Å². The maximum absolute atomic E-state index is 11.6. The molecule has 2 rings (SSSR count). The van der Waals surface area contributed by atoms with Crippen molar-refractivity contribution in [3.8, 4) is 0 Å². The maximum Gasteiger partial charge on any atom is 0.166 e. The molecule has 0 saturated heterocycles. The summed E-state index contributed by atoms with van der Waals surface area (Å²) in [6.45, 7) is 1.92. The van der Waals surface area contributed by atoms with Crippen molar-refractivity contribution in [3.63, 3.8) is 0 Å². The van der Waals surface area contributed by atoms with Gasteiger partial charge < -0.3 is 0 Å². The molecule has 3 heteroatoms. The fourth-order valence-electron chi connectivity index (χ4n) is 1.67. The fraction of sp³-hybridized carbons (Fsp3) is 0.300. The number of halogens is 2. The molecule has 1 nitrogen and oxygen atoms in total. The van der Waals surface area contributed by atoms with Gasteiger partial charge in [0.05, 0.1) is 10.0 Å². The van der Waals surface area contributed by atoms with E-state index in [1.807, 2.05) is 6.92 Å². The van der Waals surface area contributed by atoms with Crippen LogP contribution in [0.3, 0.4) is 0 Å². The molecule has 0 aliphatic heterocycles. The van der Waals surface area contributed by atoms with Crippen LogP contribution >= 0.6 is 23.2 Å². The number of rotatable bonds is 0. The Bertz CT molecular complexity index is 385. The highest BCUT2D eigenvalue weighted by Crippen LogP contribution is 2.33. The molecule has 0 fully saturated rings. The Morgan fingerprint density at radius 2 is 1.92 bits per heavy atom. The van der Waals surface area contributed by atoms with Gasteiger partial charge in [0.1, 0.15) is 0 Å². The Morgan fingerprint density at radius 1 is 1.31 bits per heavy atom. The SMILES string of the molecule is CC1Cc2cc(Cl)c(Cl)cc2C1=O. The van der Waals surface area contributed by atoms with Crippen LogP contribution < -0.4 is 0 Å². The van der Waals surface area contributed by atoms with Crippen LogP contribution in [-0.2, 0) is 6.42 Å². The second-order valence-corrected chi connectivity index (χ2v) is 4.21. The lowest BCUT2D eigenvalue weighted by atomic mass is 10.1. The summed E-state index contributed by atoms with van der Waals surface area (Å²) in [5.74, 6) is 0.248. The molecule has 1 atom stereocenters. The first-order valence-corrected chi connectivity index (χ1v) is 4.87. The van der Waals surface area contributed by atoms with Crippen LogP contribution in [-0.4, -0.2) is 5.78 Å². The molecule has 1 unspecified atom stereocenters. The Morgan fingerprint density at radius 3 is 2.62 bits per heavy atom. The molecule has 1 aliphatic carbocycles. The second kappa shape index (κ2) is 3.00. The third-order valence-corrected chi connectivity index (χ3v) is 3.11. The van der Waals surface area contributed by atoms with Crippen molar-refractivity contribution >= 4 is 29.0 Å². The smallest absolute Gasteiger partial charge is 0.166 e. The van der Waals surface area contributed by atoms with E-state index in [-0.39, 0.29) is 11.7 Å². The molecule has 0 spiro atoms. The van der Waals surface area contributed by atoms with Crippen LogP contribution in [0.5, 0.6) is 0 Å². The topological polar surface area (TPSA) is 17.1 Å². The molecule has 0 N–H and O–H groups in total. The highest BCUT2D eigenvalue weighted by Gasteiger charge is 2.27. The zero-order valence-corrected chi connectivity index (χ0v) is 8.62. The van der Waals surface area contributed by atoms with Gasteiger partial charge in [-0.05, 0) is 24.1 Å². The third kappa shape index (κ3) is 1.36. The maximum atomic E-state index is 11.6. The lowest BCUT2D eigenvalue weighted by Crippen LogP contribution is -2.02. The van der Waals surface area contributed by atoms with Gasteiger partial charge in [-0.2, -0.15) is 0 Å². The summed E-state index contributed by atoms with van der Waals surface area (Å²) in [5, 5.41) is 0.991. The highest BCUT2D eigenvalue weighted by molar-refractivity contribution is 6.42. The normalized spacial score (nSPS) is 20.5. The standard InChI is InChI=1S/C10H8Cl2O/c1-5-2-6-3-8(11)9(12)4-7(6)10(5)13/h3-5H,2H2,1H3. The highest BCUT2D eigenvalue weighted by atomic mass is 35.5. The van der Waals surface area contributed by atoms with Gasteiger partial charge in [-0.3, -0.25) is 4.79 Å². The van der Waals surface area contributed by atoms with Crippen molar-refractivity contribution in [2.24, 2.45) is 5.92 Å². The Balaban J connectivity index is 2.59. The van der Waals surface area contributed by atoms with Gasteiger partial charge in [0, 0.05) is 11.5 Å². The number of hydrogen-bond donors (Lipinski definition) is 0. The average molecular weight is 215 g/mol. The van der Waals surface area contributed by atoms with Gasteiger partial charge in [0.2, 0.25) is 0 Å². The van der Waals surface area contributed by atoms with Gasteiger partial charge in [0.25, 0.3) is 0 Å². The van der Waals surface area contributed by atoms with Gasteiger partial charge >= 0.3 is 0 Å². The lowest BCUT2D eigenvalue weighted by molar-refractivity contribution is 0.0946. The molecular formula is C10H8Cl2O. The first-order chi connectivity index (χ1) is 6.09. The van der Waals surface area contributed by atoms with Crippen LogP contribution in [0.15, 0.2) is 12.1 Å². The molecule has 1 aromatic carbocycles. The molecule has 13 heavy (non-hydrogen) atoms. The molecule has 0 radical (unpaired) electrons. The number of hydrogen-bond acceptors (Lipinski definition) is 1.